The number of halogens is 1. The number of carbonyl (C=O) groups excluding carboxylic acids is 1. The number of hydrogen-bond acceptors (Lipinski definition) is 3. The summed E-state index contributed by atoms with van der Waals surface area (Å²) in [4.78, 5) is 15.8. The number of nitrogens with zero attached hydrogens (tertiary/aromatic N) is 2. The van der Waals surface area contributed by atoms with Crippen LogP contribution in [0.15, 0.2) is 41.8 Å². The van der Waals surface area contributed by atoms with Crippen molar-refractivity contribution in [3.8, 4) is 0 Å². The van der Waals surface area contributed by atoms with Gasteiger partial charge in [0.25, 0.3) is 0 Å². The maximum absolute atomic E-state index is 12.7. The summed E-state index contributed by atoms with van der Waals surface area (Å²) in [5, 5.41) is 3.58. The van der Waals surface area contributed by atoms with Gasteiger partial charge in [0.05, 0.1) is 5.75 Å². The van der Waals surface area contributed by atoms with Crippen molar-refractivity contribution >= 4 is 17.7 Å². The average Bonchev–Trinajstić information content (AvgIpc) is 2.81. The molecule has 1 amide bonds. The largest absolute Gasteiger partial charge is 0.351 e. The summed E-state index contributed by atoms with van der Waals surface area (Å²) < 4.78 is 14.6. The Morgan fingerprint density at radius 2 is 2.16 bits per heavy atom. The molecule has 2 aromatic rings. The smallest absolute Gasteiger partial charge is 0.230 e. The lowest BCUT2D eigenvalue weighted by molar-refractivity contribution is -0.118. The normalized spacial score (nSPS) is 10.4. The first-order chi connectivity index (χ1) is 9.15. The number of thioether (sulfide) groups is 1. The monoisotopic (exact) mass is 279 g/mol. The van der Waals surface area contributed by atoms with E-state index >= 15 is 0 Å². The summed E-state index contributed by atoms with van der Waals surface area (Å²) >= 11 is 1.38. The number of hydrogen-bond donors (Lipinski definition) is 1. The number of carbonyl (C=O) groups is 1. The first-order valence-electron chi connectivity index (χ1n) is 5.76. The lowest BCUT2D eigenvalue weighted by Gasteiger charge is -2.05. The van der Waals surface area contributed by atoms with Gasteiger partial charge in [-0.1, -0.05) is 23.9 Å². The molecule has 0 saturated heterocycles. The third-order valence-electron chi connectivity index (χ3n) is 2.51. The van der Waals surface area contributed by atoms with Crippen molar-refractivity contribution in [3.05, 3.63) is 48.0 Å². The first kappa shape index (κ1) is 13.6. The van der Waals surface area contributed by atoms with Gasteiger partial charge < -0.3 is 9.88 Å². The maximum Gasteiger partial charge on any atom is 0.230 e. The SMILES string of the molecule is Cn1ccnc1SCC(=O)NCc1ccc(F)cc1. The molecule has 4 nitrogen and oxygen atoms in total. The van der Waals surface area contributed by atoms with Gasteiger partial charge in [0.1, 0.15) is 5.82 Å². The Balaban J connectivity index is 1.76. The van der Waals surface area contributed by atoms with Crippen LogP contribution in [0.3, 0.4) is 0 Å². The Morgan fingerprint density at radius 1 is 1.42 bits per heavy atom. The molecule has 0 unspecified atom stereocenters. The van der Waals surface area contributed by atoms with Gasteiger partial charge in [0.2, 0.25) is 5.91 Å². The Kier molecular flexibility index (Phi) is 4.57. The molecule has 0 bridgehead atoms. The average molecular weight is 279 g/mol. The van der Waals surface area contributed by atoms with Crippen molar-refractivity contribution in [3.63, 3.8) is 0 Å². The molecule has 1 aromatic heterocycles. The second-order valence-electron chi connectivity index (χ2n) is 4.01. The minimum Gasteiger partial charge on any atom is -0.351 e. The summed E-state index contributed by atoms with van der Waals surface area (Å²) in [7, 11) is 1.88. The highest BCUT2D eigenvalue weighted by molar-refractivity contribution is 7.99. The third-order valence-corrected chi connectivity index (χ3v) is 3.57. The Bertz CT molecular complexity index is 553. The van der Waals surface area contributed by atoms with Crippen LogP contribution in [0, 0.1) is 5.82 Å². The van der Waals surface area contributed by atoms with Crippen LogP contribution in [0.4, 0.5) is 4.39 Å². The van der Waals surface area contributed by atoms with E-state index in [1.54, 1.807) is 18.3 Å². The minimum absolute atomic E-state index is 0.0719. The fourth-order valence-corrected chi connectivity index (χ4v) is 2.24. The predicted octanol–water partition coefficient (Wildman–Crippen LogP) is 1.97. The van der Waals surface area contributed by atoms with E-state index in [0.29, 0.717) is 12.3 Å². The van der Waals surface area contributed by atoms with Crippen LogP contribution in [-0.2, 0) is 18.4 Å². The van der Waals surface area contributed by atoms with Crippen molar-refractivity contribution in [1.82, 2.24) is 14.9 Å². The van der Waals surface area contributed by atoms with Crippen LogP contribution in [0.1, 0.15) is 5.56 Å². The zero-order chi connectivity index (χ0) is 13.7. The highest BCUT2D eigenvalue weighted by atomic mass is 32.2. The molecular weight excluding hydrogens is 265 g/mol. The summed E-state index contributed by atoms with van der Waals surface area (Å²) in [6.45, 7) is 0.403. The van der Waals surface area contributed by atoms with Crippen LogP contribution in [0.5, 0.6) is 0 Å². The molecule has 0 aliphatic heterocycles. The van der Waals surface area contributed by atoms with Gasteiger partial charge in [-0.25, -0.2) is 9.37 Å². The van der Waals surface area contributed by atoms with Crippen molar-refractivity contribution in [1.29, 1.82) is 0 Å². The lowest BCUT2D eigenvalue weighted by atomic mass is 10.2. The topological polar surface area (TPSA) is 46.9 Å². The van der Waals surface area contributed by atoms with E-state index in [1.165, 1.54) is 23.9 Å². The maximum atomic E-state index is 12.7. The van der Waals surface area contributed by atoms with Crippen LogP contribution >= 0.6 is 11.8 Å². The number of aryl methyl sites for hydroxylation is 1. The molecule has 0 atom stereocenters. The molecule has 0 saturated carbocycles. The van der Waals surface area contributed by atoms with Crippen molar-refractivity contribution in [2.75, 3.05) is 5.75 Å². The molecule has 6 heteroatoms. The molecule has 1 heterocycles. The molecule has 19 heavy (non-hydrogen) atoms. The van der Waals surface area contributed by atoms with Gasteiger partial charge >= 0.3 is 0 Å². The van der Waals surface area contributed by atoms with Crippen LogP contribution in [0.25, 0.3) is 0 Å². The quantitative estimate of drug-likeness (QED) is 0.851. The molecule has 0 radical (unpaired) electrons. The number of rotatable bonds is 5. The molecule has 2 rings (SSSR count). The van der Waals surface area contributed by atoms with E-state index in [-0.39, 0.29) is 11.7 Å². The van der Waals surface area contributed by atoms with E-state index in [1.807, 2.05) is 17.8 Å². The fraction of sp³-hybridized carbons (Fsp3) is 0.231. The summed E-state index contributed by atoms with van der Waals surface area (Å²) in [5.74, 6) is -0.0378. The van der Waals surface area contributed by atoms with Gasteiger partial charge in [0, 0.05) is 26.0 Å². The number of benzene rings is 1. The van der Waals surface area contributed by atoms with Crippen molar-refractivity contribution in [2.45, 2.75) is 11.7 Å². The Labute approximate surface area is 115 Å². The molecule has 0 fully saturated rings. The molecule has 0 spiro atoms. The highest BCUT2D eigenvalue weighted by Gasteiger charge is 2.05. The van der Waals surface area contributed by atoms with Crippen LogP contribution in [-0.4, -0.2) is 21.2 Å². The second-order valence-corrected chi connectivity index (χ2v) is 4.96. The molecule has 0 aliphatic carbocycles. The van der Waals surface area contributed by atoms with Crippen molar-refractivity contribution < 1.29 is 9.18 Å². The fourth-order valence-electron chi connectivity index (χ4n) is 1.48. The lowest BCUT2D eigenvalue weighted by Crippen LogP contribution is -2.24. The predicted molar refractivity (Wildman–Crippen MR) is 72.2 cm³/mol. The van der Waals surface area contributed by atoms with Gasteiger partial charge in [-0.3, -0.25) is 4.79 Å². The summed E-state index contributed by atoms with van der Waals surface area (Å²) in [6.07, 6.45) is 3.53. The van der Waals surface area contributed by atoms with Crippen LogP contribution < -0.4 is 5.32 Å². The summed E-state index contributed by atoms with van der Waals surface area (Å²) in [5.41, 5.74) is 0.872. The number of amides is 1. The van der Waals surface area contributed by atoms with E-state index in [0.717, 1.165) is 10.7 Å². The van der Waals surface area contributed by atoms with Crippen LogP contribution in [0.2, 0.25) is 0 Å². The van der Waals surface area contributed by atoms with E-state index in [2.05, 4.69) is 10.3 Å². The number of nitrogens with one attached hydrogen (secondary N) is 1. The van der Waals surface area contributed by atoms with Gasteiger partial charge in [-0.2, -0.15) is 0 Å². The minimum atomic E-state index is -0.277. The van der Waals surface area contributed by atoms with Gasteiger partial charge in [-0.05, 0) is 17.7 Å². The van der Waals surface area contributed by atoms with E-state index < -0.39 is 0 Å². The van der Waals surface area contributed by atoms with Gasteiger partial charge in [0.15, 0.2) is 5.16 Å². The highest BCUT2D eigenvalue weighted by Crippen LogP contribution is 2.13. The molecule has 100 valence electrons. The van der Waals surface area contributed by atoms with Gasteiger partial charge in [-0.15, -0.1) is 0 Å². The van der Waals surface area contributed by atoms with Crippen molar-refractivity contribution in [2.24, 2.45) is 7.05 Å². The molecule has 0 aliphatic rings. The zero-order valence-corrected chi connectivity index (χ0v) is 11.3. The standard InChI is InChI=1S/C13H14FN3OS/c1-17-7-6-15-13(17)19-9-12(18)16-8-10-2-4-11(14)5-3-10/h2-7H,8-9H2,1H3,(H,16,18). The number of aromatic nitrogens is 2. The molecule has 1 aromatic carbocycles. The Morgan fingerprint density at radius 3 is 2.79 bits per heavy atom. The van der Waals surface area contributed by atoms with E-state index in [4.69, 9.17) is 0 Å². The zero-order valence-electron chi connectivity index (χ0n) is 10.5. The molecule has 1 N–H and O–H groups in total. The summed E-state index contributed by atoms with van der Waals surface area (Å²) in [6, 6.07) is 6.07. The van der Waals surface area contributed by atoms with E-state index in [9.17, 15) is 9.18 Å². The number of imidazole rings is 1. The Hall–Kier alpha value is -1.82. The molecular formula is C13H14FN3OS. The second kappa shape index (κ2) is 6.38. The first-order valence-corrected chi connectivity index (χ1v) is 6.75. The third kappa shape index (κ3) is 4.10.